The minimum absolute atomic E-state index is 0.0237. The van der Waals surface area contributed by atoms with E-state index in [4.69, 9.17) is 5.73 Å². The monoisotopic (exact) mass is 262 g/mol. The Balaban J connectivity index is 2.58. The Labute approximate surface area is 116 Å². The summed E-state index contributed by atoms with van der Waals surface area (Å²) < 4.78 is 0. The molecule has 1 aromatic carbocycles. The highest BCUT2D eigenvalue weighted by Gasteiger charge is 2.12. The molecule has 0 spiro atoms. The summed E-state index contributed by atoms with van der Waals surface area (Å²) in [6, 6.07) is 5.92. The van der Waals surface area contributed by atoms with E-state index in [9.17, 15) is 4.79 Å². The van der Waals surface area contributed by atoms with E-state index < -0.39 is 0 Å². The molecule has 19 heavy (non-hydrogen) atoms. The van der Waals surface area contributed by atoms with Crippen LogP contribution in [0.5, 0.6) is 0 Å². The standard InChI is InChI=1S/C16H26N2O/c1-4-5-14(8-9-17)11-18-16(19)15-7-6-12(2)10-13(15)3/h6-7,10,14H,4-5,8-9,11,17H2,1-3H3,(H,18,19). The molecule has 3 heteroatoms. The molecule has 0 fully saturated rings. The van der Waals surface area contributed by atoms with Crippen molar-refractivity contribution in [2.45, 2.75) is 40.0 Å². The van der Waals surface area contributed by atoms with Gasteiger partial charge in [0.1, 0.15) is 0 Å². The van der Waals surface area contributed by atoms with Crippen molar-refractivity contribution in [2.75, 3.05) is 13.1 Å². The van der Waals surface area contributed by atoms with Gasteiger partial charge in [-0.05, 0) is 50.8 Å². The Morgan fingerprint density at radius 3 is 2.63 bits per heavy atom. The third-order valence-corrected chi connectivity index (χ3v) is 3.45. The second kappa shape index (κ2) is 7.95. The van der Waals surface area contributed by atoms with Gasteiger partial charge in [0.15, 0.2) is 0 Å². The maximum Gasteiger partial charge on any atom is 0.251 e. The van der Waals surface area contributed by atoms with Crippen molar-refractivity contribution in [1.82, 2.24) is 5.32 Å². The number of nitrogens with two attached hydrogens (primary N) is 1. The Morgan fingerprint density at radius 2 is 2.05 bits per heavy atom. The highest BCUT2D eigenvalue weighted by molar-refractivity contribution is 5.95. The molecule has 0 heterocycles. The van der Waals surface area contributed by atoms with Gasteiger partial charge >= 0.3 is 0 Å². The van der Waals surface area contributed by atoms with Gasteiger partial charge in [0.05, 0.1) is 0 Å². The van der Waals surface area contributed by atoms with Gasteiger partial charge in [-0.3, -0.25) is 4.79 Å². The van der Waals surface area contributed by atoms with Gasteiger partial charge in [0.2, 0.25) is 0 Å². The summed E-state index contributed by atoms with van der Waals surface area (Å²) in [4.78, 5) is 12.1. The lowest BCUT2D eigenvalue weighted by Gasteiger charge is -2.16. The predicted octanol–water partition coefficient (Wildman–Crippen LogP) is 2.80. The van der Waals surface area contributed by atoms with Crippen molar-refractivity contribution in [2.24, 2.45) is 11.7 Å². The summed E-state index contributed by atoms with van der Waals surface area (Å²) in [5.41, 5.74) is 8.59. The van der Waals surface area contributed by atoms with Crippen LogP contribution in [0.2, 0.25) is 0 Å². The second-order valence-corrected chi connectivity index (χ2v) is 5.26. The van der Waals surface area contributed by atoms with Gasteiger partial charge in [0, 0.05) is 12.1 Å². The van der Waals surface area contributed by atoms with Crippen LogP contribution in [0.1, 0.15) is 47.7 Å². The fraction of sp³-hybridized carbons (Fsp3) is 0.562. The van der Waals surface area contributed by atoms with E-state index in [-0.39, 0.29) is 5.91 Å². The smallest absolute Gasteiger partial charge is 0.251 e. The summed E-state index contributed by atoms with van der Waals surface area (Å²) >= 11 is 0. The molecule has 106 valence electrons. The van der Waals surface area contributed by atoms with Crippen LogP contribution < -0.4 is 11.1 Å². The molecule has 0 aliphatic rings. The van der Waals surface area contributed by atoms with Crippen LogP contribution in [0.25, 0.3) is 0 Å². The quantitative estimate of drug-likeness (QED) is 0.794. The molecular formula is C16H26N2O. The number of hydrogen-bond acceptors (Lipinski definition) is 2. The van der Waals surface area contributed by atoms with Gasteiger partial charge in [-0.15, -0.1) is 0 Å². The molecule has 0 aromatic heterocycles. The molecule has 0 saturated carbocycles. The Bertz CT molecular complexity index is 409. The summed E-state index contributed by atoms with van der Waals surface area (Å²) in [6.07, 6.45) is 3.22. The van der Waals surface area contributed by atoms with Crippen LogP contribution in [-0.4, -0.2) is 19.0 Å². The van der Waals surface area contributed by atoms with Gasteiger partial charge in [-0.2, -0.15) is 0 Å². The van der Waals surface area contributed by atoms with E-state index in [1.807, 2.05) is 32.0 Å². The van der Waals surface area contributed by atoms with Crippen LogP contribution in [0.15, 0.2) is 18.2 Å². The highest BCUT2D eigenvalue weighted by Crippen LogP contribution is 2.12. The first-order chi connectivity index (χ1) is 9.08. The maximum absolute atomic E-state index is 12.1. The third-order valence-electron chi connectivity index (χ3n) is 3.45. The molecule has 0 saturated heterocycles. The van der Waals surface area contributed by atoms with Crippen LogP contribution in [0.4, 0.5) is 0 Å². The van der Waals surface area contributed by atoms with Gasteiger partial charge in [-0.25, -0.2) is 0 Å². The van der Waals surface area contributed by atoms with Crippen molar-refractivity contribution < 1.29 is 4.79 Å². The molecular weight excluding hydrogens is 236 g/mol. The summed E-state index contributed by atoms with van der Waals surface area (Å²) in [5.74, 6) is 0.514. The predicted molar refractivity (Wildman–Crippen MR) is 80.3 cm³/mol. The summed E-state index contributed by atoms with van der Waals surface area (Å²) in [6.45, 7) is 7.58. The molecule has 1 aromatic rings. The normalized spacial score (nSPS) is 12.2. The van der Waals surface area contributed by atoms with Crippen molar-refractivity contribution >= 4 is 5.91 Å². The highest BCUT2D eigenvalue weighted by atomic mass is 16.1. The van der Waals surface area contributed by atoms with Crippen LogP contribution in [-0.2, 0) is 0 Å². The molecule has 0 radical (unpaired) electrons. The second-order valence-electron chi connectivity index (χ2n) is 5.26. The van der Waals surface area contributed by atoms with Crippen LogP contribution in [0, 0.1) is 19.8 Å². The lowest BCUT2D eigenvalue weighted by molar-refractivity contribution is 0.0945. The molecule has 1 atom stereocenters. The molecule has 1 rings (SSSR count). The Hall–Kier alpha value is -1.35. The van der Waals surface area contributed by atoms with Gasteiger partial charge in [0.25, 0.3) is 5.91 Å². The zero-order valence-corrected chi connectivity index (χ0v) is 12.3. The topological polar surface area (TPSA) is 55.1 Å². The van der Waals surface area contributed by atoms with E-state index in [1.165, 1.54) is 5.56 Å². The van der Waals surface area contributed by atoms with Crippen LogP contribution >= 0.6 is 0 Å². The average molecular weight is 262 g/mol. The molecule has 0 bridgehead atoms. The Morgan fingerprint density at radius 1 is 1.32 bits per heavy atom. The number of aryl methyl sites for hydroxylation is 2. The molecule has 1 unspecified atom stereocenters. The SMILES string of the molecule is CCCC(CCN)CNC(=O)c1ccc(C)cc1C. The minimum Gasteiger partial charge on any atom is -0.352 e. The number of benzene rings is 1. The van der Waals surface area contributed by atoms with Crippen molar-refractivity contribution in [1.29, 1.82) is 0 Å². The van der Waals surface area contributed by atoms with Crippen molar-refractivity contribution in [3.63, 3.8) is 0 Å². The van der Waals surface area contributed by atoms with E-state index in [2.05, 4.69) is 12.2 Å². The van der Waals surface area contributed by atoms with E-state index in [0.717, 1.165) is 36.9 Å². The lowest BCUT2D eigenvalue weighted by Crippen LogP contribution is -2.30. The summed E-state index contributed by atoms with van der Waals surface area (Å²) in [7, 11) is 0. The van der Waals surface area contributed by atoms with Gasteiger partial charge < -0.3 is 11.1 Å². The fourth-order valence-corrected chi connectivity index (χ4v) is 2.39. The minimum atomic E-state index is 0.0237. The molecule has 1 amide bonds. The van der Waals surface area contributed by atoms with E-state index >= 15 is 0 Å². The zero-order valence-electron chi connectivity index (χ0n) is 12.3. The molecule has 0 aliphatic carbocycles. The number of carbonyl (C=O) groups excluding carboxylic acids is 1. The van der Waals surface area contributed by atoms with E-state index in [1.54, 1.807) is 0 Å². The van der Waals surface area contributed by atoms with Crippen molar-refractivity contribution in [3.8, 4) is 0 Å². The number of nitrogens with one attached hydrogen (secondary N) is 1. The lowest BCUT2D eigenvalue weighted by atomic mass is 9.99. The fourth-order valence-electron chi connectivity index (χ4n) is 2.39. The van der Waals surface area contributed by atoms with Crippen LogP contribution in [0.3, 0.4) is 0 Å². The third kappa shape index (κ3) is 5.03. The van der Waals surface area contributed by atoms with E-state index in [0.29, 0.717) is 12.5 Å². The Kier molecular flexibility index (Phi) is 6.57. The average Bonchev–Trinajstić information content (AvgIpc) is 2.36. The zero-order chi connectivity index (χ0) is 14.3. The number of hydrogen-bond donors (Lipinski definition) is 2. The van der Waals surface area contributed by atoms with Gasteiger partial charge in [-0.1, -0.05) is 31.0 Å². The van der Waals surface area contributed by atoms with Crippen molar-refractivity contribution in [3.05, 3.63) is 34.9 Å². The molecule has 3 nitrogen and oxygen atoms in total. The first-order valence-corrected chi connectivity index (χ1v) is 7.14. The molecule has 3 N–H and O–H groups in total. The number of rotatable bonds is 7. The first kappa shape index (κ1) is 15.7. The maximum atomic E-state index is 12.1. The largest absolute Gasteiger partial charge is 0.352 e. The number of carbonyl (C=O) groups is 1. The number of amides is 1. The summed E-state index contributed by atoms with van der Waals surface area (Å²) in [5, 5.41) is 3.03. The molecule has 0 aliphatic heterocycles. The first-order valence-electron chi connectivity index (χ1n) is 7.14.